The van der Waals surface area contributed by atoms with Crippen LogP contribution < -0.4 is 0 Å². The zero-order valence-electron chi connectivity index (χ0n) is 10.1. The van der Waals surface area contributed by atoms with Gasteiger partial charge >= 0.3 is 0 Å². The minimum Gasteiger partial charge on any atom is -0.392 e. The molecule has 2 rings (SSSR count). The van der Waals surface area contributed by atoms with Crippen LogP contribution in [-0.4, -0.2) is 11.2 Å². The Labute approximate surface area is 119 Å². The van der Waals surface area contributed by atoms with E-state index < -0.39 is 17.7 Å². The van der Waals surface area contributed by atoms with Crippen LogP contribution in [0.4, 0.5) is 8.78 Å². The van der Waals surface area contributed by atoms with Crippen molar-refractivity contribution in [2.24, 2.45) is 0 Å². The van der Waals surface area contributed by atoms with Gasteiger partial charge in [0.1, 0.15) is 0 Å². The number of halogens is 3. The molecule has 0 fully saturated rings. The molecule has 0 aromatic heterocycles. The van der Waals surface area contributed by atoms with Crippen molar-refractivity contribution >= 4 is 15.9 Å². The fraction of sp³-hybridized carbons (Fsp3) is 0.200. The summed E-state index contributed by atoms with van der Waals surface area (Å²) in [5.41, 5.74) is 1.58. The Morgan fingerprint density at radius 3 is 2.11 bits per heavy atom. The molecule has 0 aliphatic rings. The molecule has 0 amide bonds. The largest absolute Gasteiger partial charge is 0.392 e. The molecule has 0 aliphatic carbocycles. The standard InChI is InChI=1S/C15H13BrF2O/c16-12-4-1-10(2-5-12)7-13(19)8-11-3-6-14(17)15(18)9-11/h1-6,9,13,19H,7-8H2. The lowest BCUT2D eigenvalue weighted by Crippen LogP contribution is -2.14. The molecular formula is C15H13BrF2O. The second kappa shape index (κ2) is 6.26. The molecule has 0 aliphatic heterocycles. The average Bonchev–Trinajstić information content (AvgIpc) is 2.37. The van der Waals surface area contributed by atoms with E-state index >= 15 is 0 Å². The minimum absolute atomic E-state index is 0.299. The zero-order valence-corrected chi connectivity index (χ0v) is 11.7. The highest BCUT2D eigenvalue weighted by Crippen LogP contribution is 2.15. The fourth-order valence-electron chi connectivity index (χ4n) is 1.90. The van der Waals surface area contributed by atoms with Crippen LogP contribution in [0, 0.1) is 11.6 Å². The average molecular weight is 327 g/mol. The molecule has 0 bridgehead atoms. The van der Waals surface area contributed by atoms with Crippen LogP contribution in [0.15, 0.2) is 46.9 Å². The predicted molar refractivity (Wildman–Crippen MR) is 73.9 cm³/mol. The first-order chi connectivity index (χ1) is 9.04. The topological polar surface area (TPSA) is 20.2 Å². The first kappa shape index (κ1) is 14.2. The Morgan fingerprint density at radius 2 is 1.47 bits per heavy atom. The van der Waals surface area contributed by atoms with Crippen molar-refractivity contribution in [3.8, 4) is 0 Å². The van der Waals surface area contributed by atoms with Gasteiger partial charge in [-0.2, -0.15) is 0 Å². The van der Waals surface area contributed by atoms with E-state index in [1.54, 1.807) is 0 Å². The van der Waals surface area contributed by atoms with Crippen LogP contribution in [0.5, 0.6) is 0 Å². The molecule has 100 valence electrons. The van der Waals surface area contributed by atoms with E-state index in [0.29, 0.717) is 18.4 Å². The van der Waals surface area contributed by atoms with E-state index in [9.17, 15) is 13.9 Å². The molecule has 1 nitrogen and oxygen atoms in total. The van der Waals surface area contributed by atoms with Gasteiger partial charge in [-0.3, -0.25) is 0 Å². The fourth-order valence-corrected chi connectivity index (χ4v) is 2.17. The van der Waals surface area contributed by atoms with Gasteiger partial charge in [0.25, 0.3) is 0 Å². The molecule has 1 N–H and O–H groups in total. The highest BCUT2D eigenvalue weighted by Gasteiger charge is 2.09. The highest BCUT2D eigenvalue weighted by molar-refractivity contribution is 9.10. The van der Waals surface area contributed by atoms with E-state index in [4.69, 9.17) is 0 Å². The number of hydrogen-bond donors (Lipinski definition) is 1. The number of hydrogen-bond acceptors (Lipinski definition) is 1. The van der Waals surface area contributed by atoms with Crippen molar-refractivity contribution in [3.63, 3.8) is 0 Å². The maximum Gasteiger partial charge on any atom is 0.159 e. The molecule has 0 heterocycles. The molecule has 0 spiro atoms. The number of aliphatic hydroxyl groups excluding tert-OH is 1. The van der Waals surface area contributed by atoms with Crippen molar-refractivity contribution < 1.29 is 13.9 Å². The van der Waals surface area contributed by atoms with Crippen LogP contribution in [0.1, 0.15) is 11.1 Å². The van der Waals surface area contributed by atoms with Crippen molar-refractivity contribution in [2.75, 3.05) is 0 Å². The second-order valence-electron chi connectivity index (χ2n) is 4.44. The maximum absolute atomic E-state index is 13.0. The van der Waals surface area contributed by atoms with Crippen molar-refractivity contribution in [1.29, 1.82) is 0 Å². The SMILES string of the molecule is OC(Cc1ccc(Br)cc1)Cc1ccc(F)c(F)c1. The molecule has 19 heavy (non-hydrogen) atoms. The third-order valence-corrected chi connectivity index (χ3v) is 3.37. The van der Waals surface area contributed by atoms with Crippen LogP contribution in [-0.2, 0) is 12.8 Å². The molecule has 4 heteroatoms. The summed E-state index contributed by atoms with van der Waals surface area (Å²) in [5.74, 6) is -1.75. The predicted octanol–water partition coefficient (Wildman–Crippen LogP) is 3.87. The van der Waals surface area contributed by atoms with Gasteiger partial charge in [0.2, 0.25) is 0 Å². The lowest BCUT2D eigenvalue weighted by atomic mass is 10.0. The monoisotopic (exact) mass is 326 g/mol. The van der Waals surface area contributed by atoms with Gasteiger partial charge in [-0.1, -0.05) is 34.1 Å². The Hall–Kier alpha value is -1.26. The molecular weight excluding hydrogens is 314 g/mol. The van der Waals surface area contributed by atoms with E-state index in [2.05, 4.69) is 15.9 Å². The molecule has 0 radical (unpaired) electrons. The second-order valence-corrected chi connectivity index (χ2v) is 5.35. The Kier molecular flexibility index (Phi) is 4.66. The zero-order chi connectivity index (χ0) is 13.8. The molecule has 0 saturated carbocycles. The van der Waals surface area contributed by atoms with Crippen LogP contribution >= 0.6 is 15.9 Å². The summed E-state index contributed by atoms with van der Waals surface area (Å²) < 4.78 is 26.8. The van der Waals surface area contributed by atoms with E-state index in [1.807, 2.05) is 24.3 Å². The van der Waals surface area contributed by atoms with Gasteiger partial charge < -0.3 is 5.11 Å². The van der Waals surface area contributed by atoms with Gasteiger partial charge in [0.05, 0.1) is 6.10 Å². The summed E-state index contributed by atoms with van der Waals surface area (Å²) in [6.45, 7) is 0. The summed E-state index contributed by atoms with van der Waals surface area (Å²) in [5, 5.41) is 9.96. The van der Waals surface area contributed by atoms with Gasteiger partial charge in [-0.25, -0.2) is 8.78 Å². The third kappa shape index (κ3) is 4.11. The summed E-state index contributed by atoms with van der Waals surface area (Å²) in [6, 6.07) is 11.3. The van der Waals surface area contributed by atoms with Crippen molar-refractivity contribution in [2.45, 2.75) is 18.9 Å². The Bertz CT molecular complexity index is 555. The minimum atomic E-state index is -0.881. The number of aliphatic hydroxyl groups is 1. The molecule has 1 atom stereocenters. The van der Waals surface area contributed by atoms with Crippen LogP contribution in [0.2, 0.25) is 0 Å². The maximum atomic E-state index is 13.0. The van der Waals surface area contributed by atoms with Gasteiger partial charge in [-0.05, 0) is 48.2 Å². The van der Waals surface area contributed by atoms with Gasteiger partial charge in [0.15, 0.2) is 11.6 Å². The number of rotatable bonds is 4. The van der Waals surface area contributed by atoms with Crippen LogP contribution in [0.25, 0.3) is 0 Å². The van der Waals surface area contributed by atoms with Crippen LogP contribution in [0.3, 0.4) is 0 Å². The Balaban J connectivity index is 1.98. The van der Waals surface area contributed by atoms with E-state index in [1.165, 1.54) is 6.07 Å². The highest BCUT2D eigenvalue weighted by atomic mass is 79.9. The van der Waals surface area contributed by atoms with E-state index in [-0.39, 0.29) is 0 Å². The normalized spacial score (nSPS) is 12.4. The van der Waals surface area contributed by atoms with E-state index in [0.717, 1.165) is 22.2 Å². The summed E-state index contributed by atoms with van der Waals surface area (Å²) >= 11 is 3.34. The molecule has 2 aromatic carbocycles. The third-order valence-electron chi connectivity index (χ3n) is 2.84. The first-order valence-electron chi connectivity index (χ1n) is 5.91. The first-order valence-corrected chi connectivity index (χ1v) is 6.70. The lowest BCUT2D eigenvalue weighted by molar-refractivity contribution is 0.175. The van der Waals surface area contributed by atoms with Gasteiger partial charge in [-0.15, -0.1) is 0 Å². The Morgan fingerprint density at radius 1 is 0.895 bits per heavy atom. The summed E-state index contributed by atoms with van der Waals surface area (Å²) in [6.07, 6.45) is 0.158. The number of benzene rings is 2. The smallest absolute Gasteiger partial charge is 0.159 e. The quantitative estimate of drug-likeness (QED) is 0.904. The van der Waals surface area contributed by atoms with Crippen molar-refractivity contribution in [3.05, 3.63) is 69.7 Å². The molecule has 0 saturated heterocycles. The van der Waals surface area contributed by atoms with Crippen molar-refractivity contribution in [1.82, 2.24) is 0 Å². The summed E-state index contributed by atoms with van der Waals surface area (Å²) in [4.78, 5) is 0. The van der Waals surface area contributed by atoms with Gasteiger partial charge in [0, 0.05) is 4.47 Å². The summed E-state index contributed by atoms with van der Waals surface area (Å²) in [7, 11) is 0. The molecule has 2 aromatic rings. The molecule has 1 unspecified atom stereocenters. The lowest BCUT2D eigenvalue weighted by Gasteiger charge is -2.11.